The van der Waals surface area contributed by atoms with Crippen LogP contribution in [0.25, 0.3) is 0 Å². The number of benzene rings is 1. The zero-order valence-electron chi connectivity index (χ0n) is 11.0. The predicted molar refractivity (Wildman–Crippen MR) is 78.6 cm³/mol. The van der Waals surface area contributed by atoms with Gasteiger partial charge in [-0.3, -0.25) is 4.98 Å². The molecule has 0 spiro atoms. The molecule has 1 fully saturated rings. The molecule has 3 nitrogen and oxygen atoms in total. The first kappa shape index (κ1) is 12.2. The van der Waals surface area contributed by atoms with Crippen LogP contribution in [0.3, 0.4) is 0 Å². The highest BCUT2D eigenvalue weighted by atomic mass is 15.2. The summed E-state index contributed by atoms with van der Waals surface area (Å²) >= 11 is 0. The van der Waals surface area contributed by atoms with E-state index in [1.807, 2.05) is 12.3 Å². The Morgan fingerprint density at radius 2 is 1.79 bits per heavy atom. The number of aromatic nitrogens is 1. The van der Waals surface area contributed by atoms with Gasteiger partial charge in [0.2, 0.25) is 0 Å². The summed E-state index contributed by atoms with van der Waals surface area (Å²) < 4.78 is 0. The maximum atomic E-state index is 4.59. The molecule has 0 atom stereocenters. The fraction of sp³-hybridized carbons (Fsp3) is 0.312. The first-order valence-electron chi connectivity index (χ1n) is 6.86. The van der Waals surface area contributed by atoms with Crippen LogP contribution >= 0.6 is 0 Å². The zero-order chi connectivity index (χ0) is 12.9. The third-order valence-corrected chi connectivity index (χ3v) is 3.52. The lowest BCUT2D eigenvalue weighted by Crippen LogP contribution is -2.43. The smallest absolute Gasteiger partial charge is 0.0553 e. The van der Waals surface area contributed by atoms with E-state index in [9.17, 15) is 0 Å². The Labute approximate surface area is 114 Å². The fourth-order valence-corrected chi connectivity index (χ4v) is 2.44. The SMILES string of the molecule is c1ccc(Cc2ccc(N3CCNCC3)cn2)cc1. The minimum Gasteiger partial charge on any atom is -0.368 e. The number of hydrogen-bond donors (Lipinski definition) is 1. The van der Waals surface area contributed by atoms with E-state index in [0.717, 1.165) is 38.3 Å². The van der Waals surface area contributed by atoms with E-state index in [1.165, 1.54) is 11.3 Å². The molecule has 1 aromatic heterocycles. The molecule has 1 aromatic carbocycles. The molecule has 0 amide bonds. The fourth-order valence-electron chi connectivity index (χ4n) is 2.44. The highest BCUT2D eigenvalue weighted by molar-refractivity contribution is 5.45. The van der Waals surface area contributed by atoms with Crippen LogP contribution in [0.1, 0.15) is 11.3 Å². The molecule has 98 valence electrons. The molecule has 3 heteroatoms. The van der Waals surface area contributed by atoms with E-state index >= 15 is 0 Å². The van der Waals surface area contributed by atoms with Gasteiger partial charge in [-0.25, -0.2) is 0 Å². The molecular formula is C16H19N3. The Kier molecular flexibility index (Phi) is 3.75. The first-order chi connectivity index (χ1) is 9.42. The monoisotopic (exact) mass is 253 g/mol. The van der Waals surface area contributed by atoms with Gasteiger partial charge in [-0.05, 0) is 17.7 Å². The number of pyridine rings is 1. The molecule has 1 N–H and O–H groups in total. The Balaban J connectivity index is 1.68. The molecule has 0 saturated carbocycles. The van der Waals surface area contributed by atoms with Crippen molar-refractivity contribution in [3.8, 4) is 0 Å². The maximum absolute atomic E-state index is 4.59. The molecule has 3 rings (SSSR count). The third-order valence-electron chi connectivity index (χ3n) is 3.52. The quantitative estimate of drug-likeness (QED) is 0.908. The van der Waals surface area contributed by atoms with E-state index in [1.54, 1.807) is 0 Å². The number of piperazine rings is 1. The summed E-state index contributed by atoms with van der Waals surface area (Å²) in [5, 5.41) is 3.37. The van der Waals surface area contributed by atoms with Crippen LogP contribution in [0.2, 0.25) is 0 Å². The number of nitrogens with zero attached hydrogens (tertiary/aromatic N) is 2. The van der Waals surface area contributed by atoms with Gasteiger partial charge in [0.1, 0.15) is 0 Å². The van der Waals surface area contributed by atoms with Crippen LogP contribution in [0.4, 0.5) is 5.69 Å². The summed E-state index contributed by atoms with van der Waals surface area (Å²) in [6, 6.07) is 14.8. The average molecular weight is 253 g/mol. The van der Waals surface area contributed by atoms with Gasteiger partial charge in [-0.2, -0.15) is 0 Å². The Bertz CT molecular complexity index is 501. The standard InChI is InChI=1S/C16H19N3/c1-2-4-14(5-3-1)12-15-6-7-16(13-18-15)19-10-8-17-9-11-19/h1-7,13,17H,8-12H2. The van der Waals surface area contributed by atoms with Gasteiger partial charge in [-0.15, -0.1) is 0 Å². The molecule has 0 radical (unpaired) electrons. The predicted octanol–water partition coefficient (Wildman–Crippen LogP) is 2.08. The van der Waals surface area contributed by atoms with E-state index in [-0.39, 0.29) is 0 Å². The van der Waals surface area contributed by atoms with Crippen molar-refractivity contribution in [3.63, 3.8) is 0 Å². The maximum Gasteiger partial charge on any atom is 0.0553 e. The van der Waals surface area contributed by atoms with Crippen LogP contribution in [0, 0.1) is 0 Å². The highest BCUT2D eigenvalue weighted by Gasteiger charge is 2.10. The second kappa shape index (κ2) is 5.85. The molecule has 19 heavy (non-hydrogen) atoms. The number of anilines is 1. The highest BCUT2D eigenvalue weighted by Crippen LogP contribution is 2.15. The minimum atomic E-state index is 0.905. The van der Waals surface area contributed by atoms with Crippen LogP contribution < -0.4 is 10.2 Å². The van der Waals surface area contributed by atoms with Gasteiger partial charge >= 0.3 is 0 Å². The van der Waals surface area contributed by atoms with Crippen molar-refractivity contribution >= 4 is 5.69 Å². The molecule has 2 heterocycles. The summed E-state index contributed by atoms with van der Waals surface area (Å²) in [4.78, 5) is 6.97. The van der Waals surface area contributed by atoms with Crippen LogP contribution in [0.5, 0.6) is 0 Å². The molecule has 0 unspecified atom stereocenters. The van der Waals surface area contributed by atoms with Crippen molar-refractivity contribution in [2.75, 3.05) is 31.1 Å². The second-order valence-corrected chi connectivity index (χ2v) is 4.91. The largest absolute Gasteiger partial charge is 0.368 e. The third kappa shape index (κ3) is 3.12. The Hall–Kier alpha value is -1.87. The Morgan fingerprint density at radius 3 is 2.47 bits per heavy atom. The van der Waals surface area contributed by atoms with Gasteiger partial charge in [0.15, 0.2) is 0 Å². The van der Waals surface area contributed by atoms with E-state index in [2.05, 4.69) is 51.6 Å². The van der Waals surface area contributed by atoms with Crippen LogP contribution in [-0.4, -0.2) is 31.2 Å². The van der Waals surface area contributed by atoms with E-state index < -0.39 is 0 Å². The summed E-state index contributed by atoms with van der Waals surface area (Å²) in [6.07, 6.45) is 2.91. The Morgan fingerprint density at radius 1 is 1.00 bits per heavy atom. The summed E-state index contributed by atoms with van der Waals surface area (Å²) in [7, 11) is 0. The zero-order valence-corrected chi connectivity index (χ0v) is 11.0. The van der Waals surface area contributed by atoms with Gasteiger partial charge in [0.25, 0.3) is 0 Å². The summed E-state index contributed by atoms with van der Waals surface area (Å²) in [5.41, 5.74) is 3.67. The van der Waals surface area contributed by atoms with Crippen molar-refractivity contribution in [1.29, 1.82) is 0 Å². The molecule has 0 aliphatic carbocycles. The van der Waals surface area contributed by atoms with Crippen LogP contribution in [-0.2, 0) is 6.42 Å². The van der Waals surface area contributed by atoms with Gasteiger partial charge in [-0.1, -0.05) is 30.3 Å². The van der Waals surface area contributed by atoms with E-state index in [0.29, 0.717) is 0 Å². The molecule has 1 aliphatic heterocycles. The van der Waals surface area contributed by atoms with Gasteiger partial charge in [0, 0.05) is 38.3 Å². The lowest BCUT2D eigenvalue weighted by Gasteiger charge is -2.29. The molecule has 1 saturated heterocycles. The lowest BCUT2D eigenvalue weighted by atomic mass is 10.1. The minimum absolute atomic E-state index is 0.905. The number of hydrogen-bond acceptors (Lipinski definition) is 3. The van der Waals surface area contributed by atoms with Crippen molar-refractivity contribution in [3.05, 3.63) is 59.9 Å². The van der Waals surface area contributed by atoms with Crippen molar-refractivity contribution in [1.82, 2.24) is 10.3 Å². The summed E-state index contributed by atoms with van der Waals surface area (Å²) in [6.45, 7) is 4.26. The molecule has 0 bridgehead atoms. The normalized spacial score (nSPS) is 15.5. The lowest BCUT2D eigenvalue weighted by molar-refractivity contribution is 0.588. The average Bonchev–Trinajstić information content (AvgIpc) is 2.50. The van der Waals surface area contributed by atoms with Crippen LogP contribution in [0.15, 0.2) is 48.7 Å². The van der Waals surface area contributed by atoms with Crippen molar-refractivity contribution in [2.45, 2.75) is 6.42 Å². The molecule has 2 aromatic rings. The van der Waals surface area contributed by atoms with Crippen molar-refractivity contribution < 1.29 is 0 Å². The first-order valence-corrected chi connectivity index (χ1v) is 6.86. The van der Waals surface area contributed by atoms with Gasteiger partial charge in [0.05, 0.1) is 11.9 Å². The van der Waals surface area contributed by atoms with E-state index in [4.69, 9.17) is 0 Å². The number of rotatable bonds is 3. The summed E-state index contributed by atoms with van der Waals surface area (Å²) in [5.74, 6) is 0. The molecule has 1 aliphatic rings. The van der Waals surface area contributed by atoms with Crippen molar-refractivity contribution in [2.24, 2.45) is 0 Å². The number of nitrogens with one attached hydrogen (secondary N) is 1. The topological polar surface area (TPSA) is 28.2 Å². The van der Waals surface area contributed by atoms with Gasteiger partial charge < -0.3 is 10.2 Å². The second-order valence-electron chi connectivity index (χ2n) is 4.91. The molecular weight excluding hydrogens is 234 g/mol.